The molecule has 1 N–H and O–H groups in total. The number of rotatable bonds is 7. The highest BCUT2D eigenvalue weighted by atomic mass is 35.5. The first-order valence-electron chi connectivity index (χ1n) is 14.6. The number of aromatic nitrogens is 5. The molecule has 0 unspecified atom stereocenters. The highest BCUT2D eigenvalue weighted by Crippen LogP contribution is 2.25. The molecule has 3 aromatic heterocycles. The van der Waals surface area contributed by atoms with Gasteiger partial charge in [-0.3, -0.25) is 14.6 Å². The van der Waals surface area contributed by atoms with Crippen LogP contribution in [0.3, 0.4) is 0 Å². The highest BCUT2D eigenvalue weighted by Gasteiger charge is 2.31. The third-order valence-electron chi connectivity index (χ3n) is 7.64. The fraction of sp³-hybridized carbons (Fsp3) is 0.519. The average molecular weight is 719 g/mol. The minimum atomic E-state index is -3.28. The molecular weight excluding hydrogens is 681 g/mol. The molecule has 19 heteroatoms. The Morgan fingerprint density at radius 1 is 0.739 bits per heavy atom. The average Bonchev–Trinajstić information content (AvgIpc) is 3.04. The number of aromatic amines is 1. The topological polar surface area (TPSA) is 175 Å². The number of sulfonamides is 2. The maximum Gasteiger partial charge on any atom is 0.292 e. The highest BCUT2D eigenvalue weighted by molar-refractivity contribution is 7.90. The van der Waals surface area contributed by atoms with Crippen molar-refractivity contribution in [1.29, 1.82) is 0 Å². The molecule has 5 rings (SSSR count). The van der Waals surface area contributed by atoms with Crippen LogP contribution < -0.4 is 20.9 Å². The number of nitrogens with one attached hydrogen (secondary N) is 1. The molecule has 2 aliphatic rings. The van der Waals surface area contributed by atoms with E-state index in [0.717, 1.165) is 0 Å². The summed E-state index contributed by atoms with van der Waals surface area (Å²) in [6.45, 7) is 9.99. The Balaban J connectivity index is 0.000000216. The maximum atomic E-state index is 12.6. The largest absolute Gasteiger partial charge is 0.366 e. The summed E-state index contributed by atoms with van der Waals surface area (Å²) >= 11 is 12.2. The molecule has 2 fully saturated rings. The monoisotopic (exact) mass is 717 g/mol. The number of H-pyrrole nitrogens is 1. The second-order valence-corrected chi connectivity index (χ2v) is 16.9. The van der Waals surface area contributed by atoms with Crippen LogP contribution in [0.15, 0.2) is 46.5 Å². The number of piperazine rings is 2. The summed E-state index contributed by atoms with van der Waals surface area (Å²) in [6.07, 6.45) is 6.15. The van der Waals surface area contributed by atoms with Gasteiger partial charge in [-0.05, 0) is 39.8 Å². The molecule has 0 atom stereocenters. The van der Waals surface area contributed by atoms with Crippen molar-refractivity contribution in [2.45, 2.75) is 38.2 Å². The Morgan fingerprint density at radius 2 is 1.24 bits per heavy atom. The lowest BCUT2D eigenvalue weighted by Gasteiger charge is -2.36. The molecule has 0 aliphatic carbocycles. The number of anilines is 2. The lowest BCUT2D eigenvalue weighted by atomic mass is 10.3. The summed E-state index contributed by atoms with van der Waals surface area (Å²) in [5.41, 5.74) is 0.699. The Hall–Kier alpha value is -3.09. The maximum absolute atomic E-state index is 12.6. The van der Waals surface area contributed by atoms with E-state index < -0.39 is 41.7 Å². The van der Waals surface area contributed by atoms with Crippen molar-refractivity contribution in [2.75, 3.05) is 62.2 Å². The molecule has 15 nitrogen and oxygen atoms in total. The van der Waals surface area contributed by atoms with Gasteiger partial charge >= 0.3 is 0 Å². The third kappa shape index (κ3) is 7.71. The van der Waals surface area contributed by atoms with Gasteiger partial charge in [-0.15, -0.1) is 0 Å². The minimum Gasteiger partial charge on any atom is -0.366 e. The van der Waals surface area contributed by atoms with Crippen LogP contribution >= 0.6 is 23.2 Å². The van der Waals surface area contributed by atoms with E-state index in [1.165, 1.54) is 31.9 Å². The van der Waals surface area contributed by atoms with Crippen molar-refractivity contribution < 1.29 is 16.8 Å². The first kappa shape index (κ1) is 35.8. The summed E-state index contributed by atoms with van der Waals surface area (Å²) in [5, 5.41) is 9.42. The molecule has 3 aromatic rings. The third-order valence-corrected chi connectivity index (χ3v) is 12.9. The van der Waals surface area contributed by atoms with E-state index in [2.05, 4.69) is 20.3 Å². The number of hydrogen-bond acceptors (Lipinski definition) is 11. The summed E-state index contributed by atoms with van der Waals surface area (Å²) in [4.78, 5) is 31.7. The number of hydrogen-bond donors (Lipinski definition) is 1. The number of pyridine rings is 1. The molecule has 2 aliphatic heterocycles. The fourth-order valence-electron chi connectivity index (χ4n) is 4.87. The number of halogens is 2. The molecule has 0 aromatic carbocycles. The van der Waals surface area contributed by atoms with Crippen LogP contribution in [0.5, 0.6) is 0 Å². The van der Waals surface area contributed by atoms with E-state index in [9.17, 15) is 26.4 Å². The van der Waals surface area contributed by atoms with Crippen LogP contribution in [0.4, 0.5) is 11.4 Å². The smallest absolute Gasteiger partial charge is 0.292 e. The van der Waals surface area contributed by atoms with E-state index in [-0.39, 0.29) is 10.0 Å². The van der Waals surface area contributed by atoms with E-state index in [1.54, 1.807) is 46.0 Å². The second-order valence-electron chi connectivity index (χ2n) is 11.1. The molecule has 0 spiro atoms. The Labute approximate surface area is 277 Å². The zero-order valence-electron chi connectivity index (χ0n) is 25.9. The zero-order valence-corrected chi connectivity index (χ0v) is 29.0. The molecular formula is C27H37Cl2N9O6S2. The molecule has 0 saturated carbocycles. The van der Waals surface area contributed by atoms with E-state index in [0.29, 0.717) is 69.4 Å². The molecule has 0 amide bonds. The van der Waals surface area contributed by atoms with E-state index in [1.807, 2.05) is 9.80 Å². The van der Waals surface area contributed by atoms with Crippen molar-refractivity contribution in [1.82, 2.24) is 33.6 Å². The van der Waals surface area contributed by atoms with Gasteiger partial charge in [-0.25, -0.2) is 21.9 Å². The summed E-state index contributed by atoms with van der Waals surface area (Å²) in [5.74, 6) is 0. The van der Waals surface area contributed by atoms with Gasteiger partial charge in [0.15, 0.2) is 0 Å². The quantitative estimate of drug-likeness (QED) is 0.374. The predicted molar refractivity (Wildman–Crippen MR) is 178 cm³/mol. The zero-order chi connectivity index (χ0) is 33.8. The fourth-order valence-corrected chi connectivity index (χ4v) is 7.86. The van der Waals surface area contributed by atoms with Crippen LogP contribution in [-0.2, 0) is 20.0 Å². The van der Waals surface area contributed by atoms with Crippen molar-refractivity contribution in [3.63, 3.8) is 0 Å². The molecule has 0 bridgehead atoms. The molecule has 5 heterocycles. The van der Waals surface area contributed by atoms with Gasteiger partial charge in [-0.1, -0.05) is 23.2 Å². The molecule has 46 heavy (non-hydrogen) atoms. The number of nitrogens with zero attached hydrogens (tertiary/aromatic N) is 8. The van der Waals surface area contributed by atoms with Crippen molar-refractivity contribution in [2.24, 2.45) is 0 Å². The Morgan fingerprint density at radius 3 is 1.70 bits per heavy atom. The van der Waals surface area contributed by atoms with Gasteiger partial charge in [0, 0.05) is 58.6 Å². The summed E-state index contributed by atoms with van der Waals surface area (Å²) in [6, 6.07) is 3.42. The molecule has 0 radical (unpaired) electrons. The van der Waals surface area contributed by atoms with Gasteiger partial charge in [0.05, 0.1) is 46.2 Å². The van der Waals surface area contributed by atoms with E-state index in [4.69, 9.17) is 23.2 Å². The van der Waals surface area contributed by atoms with Crippen LogP contribution in [0.25, 0.3) is 5.69 Å². The summed E-state index contributed by atoms with van der Waals surface area (Å²) < 4.78 is 52.8. The van der Waals surface area contributed by atoms with E-state index >= 15 is 0 Å². The van der Waals surface area contributed by atoms with Gasteiger partial charge < -0.3 is 9.80 Å². The minimum absolute atomic E-state index is 0.0593. The van der Waals surface area contributed by atoms with Crippen molar-refractivity contribution in [3.05, 3.63) is 67.7 Å². The predicted octanol–water partition coefficient (Wildman–Crippen LogP) is 1.42. The SMILES string of the molecule is CC(C)S(=O)(=O)N1CCN(c2cn[nH]c(=O)c2Cl)CC1.CC(C)S(=O)(=O)N1CCN(c2cnn(-c3cccnc3)c(=O)c2Cl)CC1. The lowest BCUT2D eigenvalue weighted by molar-refractivity contribution is 0.380. The second kappa shape index (κ2) is 14.8. The van der Waals surface area contributed by atoms with Crippen LogP contribution in [0.2, 0.25) is 10.0 Å². The Kier molecular flexibility index (Phi) is 11.5. The summed E-state index contributed by atoms with van der Waals surface area (Å²) in [7, 11) is -6.52. The molecule has 252 valence electrons. The first-order chi connectivity index (χ1) is 21.7. The van der Waals surface area contributed by atoms with Gasteiger partial charge in [0.25, 0.3) is 11.1 Å². The normalized spacial score (nSPS) is 16.9. The lowest BCUT2D eigenvalue weighted by Crippen LogP contribution is -2.50. The molecule has 2 saturated heterocycles. The first-order valence-corrected chi connectivity index (χ1v) is 18.3. The van der Waals surface area contributed by atoms with Gasteiger partial charge in [0.2, 0.25) is 20.0 Å². The van der Waals surface area contributed by atoms with Crippen LogP contribution in [-0.4, -0.2) is 113 Å². The van der Waals surface area contributed by atoms with Crippen molar-refractivity contribution >= 4 is 54.6 Å². The van der Waals surface area contributed by atoms with Gasteiger partial charge in [0.1, 0.15) is 10.0 Å². The van der Waals surface area contributed by atoms with Gasteiger partial charge in [-0.2, -0.15) is 23.5 Å². The van der Waals surface area contributed by atoms with Crippen LogP contribution in [0, 0.1) is 0 Å². The van der Waals surface area contributed by atoms with Crippen LogP contribution in [0.1, 0.15) is 27.7 Å². The standard InChI is InChI=1S/C16H20ClN5O3S.C11H17ClN4O3S/c1-12(2)26(24,25)21-8-6-20(7-9-21)14-11-19-22(16(23)15(14)17)13-4-3-5-18-10-13;1-8(2)20(18,19)16-5-3-15(4-6-16)9-7-13-14-11(17)10(9)12/h3-5,10-12H,6-9H2,1-2H3;7-8H,3-6H2,1-2H3,(H,14,17). The van der Waals surface area contributed by atoms with Crippen molar-refractivity contribution in [3.8, 4) is 5.69 Å². The Bertz CT molecular complexity index is 1840.